The number of Topliss-reactive ketones (excluding diaryl/α,β-unsaturated/α-hetero) is 2. The molecular weight excluding hydrogens is 679 g/mol. The number of amides is 1. The number of nitrogens with zero attached hydrogens (tertiary/aromatic N) is 1. The molecule has 1 fully saturated rings. The molecule has 1 aliphatic rings. The van der Waals surface area contributed by atoms with Gasteiger partial charge in [-0.15, -0.1) is 0 Å². The Morgan fingerprint density at radius 3 is 1.77 bits per heavy atom. The topological polar surface area (TPSA) is 108 Å². The number of halogens is 3. The third-order valence-corrected chi connectivity index (χ3v) is 9.20. The first-order valence-electron chi connectivity index (χ1n) is 17.4. The van der Waals surface area contributed by atoms with Gasteiger partial charge in [0, 0.05) is 25.7 Å². The van der Waals surface area contributed by atoms with E-state index >= 15 is 0 Å². The van der Waals surface area contributed by atoms with E-state index in [0.29, 0.717) is 37.2 Å². The minimum absolute atomic E-state index is 0.0542. The van der Waals surface area contributed by atoms with Crippen molar-refractivity contribution in [1.82, 2.24) is 4.90 Å². The summed E-state index contributed by atoms with van der Waals surface area (Å²) in [7, 11) is 3.17. The van der Waals surface area contributed by atoms with Crippen molar-refractivity contribution in [3.63, 3.8) is 0 Å². The lowest BCUT2D eigenvalue weighted by Crippen LogP contribution is -2.42. The molecule has 4 rings (SSSR count). The van der Waals surface area contributed by atoms with Crippen LogP contribution in [-0.4, -0.2) is 74.0 Å². The summed E-state index contributed by atoms with van der Waals surface area (Å²) in [6, 6.07) is 24.3. The van der Waals surface area contributed by atoms with Gasteiger partial charge in [0.05, 0.1) is 39.8 Å². The molecule has 0 aromatic heterocycles. The zero-order chi connectivity index (χ0) is 37.7. The van der Waals surface area contributed by atoms with Gasteiger partial charge in [0.15, 0.2) is 0 Å². The van der Waals surface area contributed by atoms with Crippen LogP contribution in [0.15, 0.2) is 78.9 Å². The Balaban J connectivity index is 1.60. The van der Waals surface area contributed by atoms with Gasteiger partial charge < -0.3 is 28.6 Å². The summed E-state index contributed by atoms with van der Waals surface area (Å²) in [6.45, 7) is 1.58. The number of esters is 1. The van der Waals surface area contributed by atoms with Gasteiger partial charge in [-0.1, -0.05) is 67.4 Å². The highest BCUT2D eigenvalue weighted by molar-refractivity contribution is 5.84. The highest BCUT2D eigenvalue weighted by atomic mass is 19.4. The molecule has 1 saturated heterocycles. The van der Waals surface area contributed by atoms with E-state index in [1.54, 1.807) is 19.1 Å². The second-order valence-electron chi connectivity index (χ2n) is 12.9. The van der Waals surface area contributed by atoms with Gasteiger partial charge in [0.2, 0.25) is 11.7 Å². The normalized spacial score (nSPS) is 16.0. The van der Waals surface area contributed by atoms with Crippen LogP contribution in [0.25, 0.3) is 0 Å². The third-order valence-electron chi connectivity index (χ3n) is 9.20. The minimum Gasteiger partial charge on any atom is -0.497 e. The molecule has 2 atom stereocenters. The summed E-state index contributed by atoms with van der Waals surface area (Å²) in [5.41, 5.74) is 1.28. The molecule has 9 nitrogen and oxygen atoms in total. The van der Waals surface area contributed by atoms with Crippen molar-refractivity contribution in [2.45, 2.75) is 88.6 Å². The Morgan fingerprint density at radius 1 is 0.712 bits per heavy atom. The molecule has 3 aromatic carbocycles. The molecule has 0 bridgehead atoms. The smallest absolute Gasteiger partial charge is 0.449 e. The van der Waals surface area contributed by atoms with Crippen LogP contribution in [0.3, 0.4) is 0 Å². The standard InChI is InChI=1S/C40H46F3NO8/c1-28(45)15-24-38(48)52-35-25-32(44(26-35)37(47)14-10-5-4-9-13-36(46)40(41,42)43)27-51-39(29-11-7-6-8-12-29,30-16-20-33(49-2)21-17-30)31-18-22-34(50-3)23-19-31/h6-8,11-12,16-23,32,35H,4-5,9-10,13-15,24-27H2,1-3H3/t32-,35+/m0/s1. The highest BCUT2D eigenvalue weighted by Gasteiger charge is 2.42. The number of hydrogen-bond acceptors (Lipinski definition) is 8. The quantitative estimate of drug-likeness (QED) is 0.0717. The number of benzene rings is 3. The van der Waals surface area contributed by atoms with Crippen molar-refractivity contribution in [1.29, 1.82) is 0 Å². The predicted octanol–water partition coefficient (Wildman–Crippen LogP) is 7.37. The number of hydrogen-bond donors (Lipinski definition) is 0. The second kappa shape index (κ2) is 18.7. The summed E-state index contributed by atoms with van der Waals surface area (Å²) in [6.07, 6.45) is -4.29. The number of likely N-dealkylation sites (tertiary alicyclic amines) is 1. The van der Waals surface area contributed by atoms with Gasteiger partial charge in [-0.2, -0.15) is 13.2 Å². The summed E-state index contributed by atoms with van der Waals surface area (Å²) in [4.78, 5) is 50.6. The molecule has 0 radical (unpaired) electrons. The van der Waals surface area contributed by atoms with Gasteiger partial charge in [0.1, 0.15) is 29.0 Å². The first-order chi connectivity index (χ1) is 24.9. The number of methoxy groups -OCH3 is 2. The Hall–Kier alpha value is -4.71. The molecule has 52 heavy (non-hydrogen) atoms. The van der Waals surface area contributed by atoms with Crippen LogP contribution in [0.4, 0.5) is 13.2 Å². The number of ketones is 2. The SMILES string of the molecule is COc1ccc(C(OC[C@@H]2C[C@@H](OC(=O)CCC(C)=O)CN2C(=O)CCCCCCC(=O)C(F)(F)F)(c2ccccc2)c2ccc(OC)cc2)cc1. The van der Waals surface area contributed by atoms with Crippen molar-refractivity contribution in [3.8, 4) is 11.5 Å². The Kier molecular flexibility index (Phi) is 14.4. The molecule has 0 spiro atoms. The fourth-order valence-electron chi connectivity index (χ4n) is 6.44. The molecule has 1 amide bonds. The lowest BCUT2D eigenvalue weighted by atomic mass is 9.80. The van der Waals surface area contributed by atoms with Gasteiger partial charge in [-0.3, -0.25) is 14.4 Å². The van der Waals surface area contributed by atoms with E-state index in [0.717, 1.165) is 16.7 Å². The Morgan fingerprint density at radius 2 is 1.25 bits per heavy atom. The molecular formula is C40H46F3NO8. The van der Waals surface area contributed by atoms with Crippen LogP contribution < -0.4 is 9.47 Å². The maximum Gasteiger partial charge on any atom is 0.449 e. The molecule has 0 aliphatic carbocycles. The van der Waals surface area contributed by atoms with Crippen molar-refractivity contribution >= 4 is 23.4 Å². The van der Waals surface area contributed by atoms with Crippen LogP contribution in [0.1, 0.15) is 81.4 Å². The lowest BCUT2D eigenvalue weighted by Gasteiger charge is -2.38. The minimum atomic E-state index is -4.84. The maximum atomic E-state index is 13.7. The van der Waals surface area contributed by atoms with Crippen molar-refractivity contribution in [3.05, 3.63) is 95.6 Å². The van der Waals surface area contributed by atoms with Crippen LogP contribution in [0.5, 0.6) is 11.5 Å². The van der Waals surface area contributed by atoms with Crippen LogP contribution >= 0.6 is 0 Å². The largest absolute Gasteiger partial charge is 0.497 e. The van der Waals surface area contributed by atoms with Crippen LogP contribution in [-0.2, 0) is 34.3 Å². The van der Waals surface area contributed by atoms with Crippen molar-refractivity contribution in [2.24, 2.45) is 0 Å². The Bertz CT molecular complexity index is 1580. The molecule has 12 heteroatoms. The van der Waals surface area contributed by atoms with Crippen LogP contribution in [0, 0.1) is 0 Å². The number of ether oxygens (including phenoxy) is 4. The van der Waals surface area contributed by atoms with E-state index in [-0.39, 0.29) is 50.5 Å². The average Bonchev–Trinajstić information content (AvgIpc) is 3.55. The molecule has 0 unspecified atom stereocenters. The van der Waals surface area contributed by atoms with Crippen molar-refractivity contribution < 1.29 is 51.3 Å². The second-order valence-corrected chi connectivity index (χ2v) is 12.9. The fraction of sp³-hybridized carbons (Fsp3) is 0.450. The molecule has 1 heterocycles. The molecule has 3 aromatic rings. The van der Waals surface area contributed by atoms with E-state index in [4.69, 9.17) is 18.9 Å². The van der Waals surface area contributed by atoms with Gasteiger partial charge in [0.25, 0.3) is 0 Å². The first kappa shape index (κ1) is 40.1. The summed E-state index contributed by atoms with van der Waals surface area (Å²) < 4.78 is 61.3. The molecule has 1 aliphatic heterocycles. The lowest BCUT2D eigenvalue weighted by molar-refractivity contribution is -0.171. The third kappa shape index (κ3) is 10.7. The molecule has 0 N–H and O–H groups in total. The van der Waals surface area contributed by atoms with Gasteiger partial charge >= 0.3 is 12.1 Å². The van der Waals surface area contributed by atoms with E-state index < -0.39 is 42.1 Å². The van der Waals surface area contributed by atoms with Gasteiger partial charge in [-0.25, -0.2) is 0 Å². The Labute approximate surface area is 302 Å². The van der Waals surface area contributed by atoms with Crippen LogP contribution in [0.2, 0.25) is 0 Å². The predicted molar refractivity (Wildman–Crippen MR) is 187 cm³/mol. The maximum absolute atomic E-state index is 13.7. The summed E-state index contributed by atoms with van der Waals surface area (Å²) in [5.74, 6) is -1.30. The first-order valence-corrected chi connectivity index (χ1v) is 17.4. The number of carbonyl (C=O) groups excluding carboxylic acids is 4. The molecule has 280 valence electrons. The monoisotopic (exact) mass is 725 g/mol. The number of unbranched alkanes of at least 4 members (excludes halogenated alkanes) is 3. The zero-order valence-corrected chi connectivity index (χ0v) is 29.8. The fourth-order valence-corrected chi connectivity index (χ4v) is 6.44. The number of rotatable bonds is 19. The highest BCUT2D eigenvalue weighted by Crippen LogP contribution is 2.42. The van der Waals surface area contributed by atoms with Gasteiger partial charge in [-0.05, 0) is 60.7 Å². The number of carbonyl (C=O) groups is 4. The molecule has 0 saturated carbocycles. The average molecular weight is 726 g/mol. The van der Waals surface area contributed by atoms with Crippen molar-refractivity contribution in [2.75, 3.05) is 27.4 Å². The van der Waals surface area contributed by atoms with E-state index in [1.165, 1.54) is 6.92 Å². The zero-order valence-electron chi connectivity index (χ0n) is 29.8. The summed E-state index contributed by atoms with van der Waals surface area (Å²) >= 11 is 0. The van der Waals surface area contributed by atoms with E-state index in [2.05, 4.69) is 0 Å². The summed E-state index contributed by atoms with van der Waals surface area (Å²) in [5, 5.41) is 0. The van der Waals surface area contributed by atoms with E-state index in [1.807, 2.05) is 78.9 Å². The number of alkyl halides is 3. The van der Waals surface area contributed by atoms with E-state index in [9.17, 15) is 32.3 Å².